The van der Waals surface area contributed by atoms with Crippen LogP contribution in [0.5, 0.6) is 5.75 Å². The Morgan fingerprint density at radius 1 is 1.04 bits per heavy atom. The van der Waals surface area contributed by atoms with Crippen LogP contribution >= 0.6 is 12.2 Å². The van der Waals surface area contributed by atoms with Gasteiger partial charge in [0.05, 0.1) is 66.6 Å². The van der Waals surface area contributed by atoms with E-state index < -0.39 is 58.4 Å². The monoisotopic (exact) mass is 768 g/mol. The molecule has 2 fully saturated rings. The average Bonchev–Trinajstić information content (AvgIpc) is 3.73. The highest BCUT2D eigenvalue weighted by Gasteiger charge is 2.50. The second-order valence-corrected chi connectivity index (χ2v) is 13.1. The van der Waals surface area contributed by atoms with E-state index in [9.17, 15) is 37.1 Å². The van der Waals surface area contributed by atoms with Crippen molar-refractivity contribution in [2.24, 2.45) is 0 Å². The molecule has 3 aliphatic rings. The van der Waals surface area contributed by atoms with Gasteiger partial charge < -0.3 is 19.1 Å². The summed E-state index contributed by atoms with van der Waals surface area (Å²) in [5.74, 6) is -2.90. The fourth-order valence-corrected chi connectivity index (χ4v) is 6.61. The first-order valence-electron chi connectivity index (χ1n) is 16.4. The van der Waals surface area contributed by atoms with Crippen molar-refractivity contribution in [3.05, 3.63) is 70.5 Å². The number of benzene rings is 2. The Morgan fingerprint density at radius 2 is 1.78 bits per heavy atom. The molecule has 282 valence electrons. The lowest BCUT2D eigenvalue weighted by Crippen LogP contribution is -2.54. The highest BCUT2D eigenvalue weighted by molar-refractivity contribution is 7.80. The number of carbonyl (C=O) groups is 5. The van der Waals surface area contributed by atoms with E-state index >= 15 is 0 Å². The summed E-state index contributed by atoms with van der Waals surface area (Å²) in [6.45, 7) is 3.64. The number of thiocarbonyl (C=S) groups is 1. The highest BCUT2D eigenvalue weighted by atomic mass is 32.1. The molecular formula is C34H31F3N8O8S. The van der Waals surface area contributed by atoms with Crippen LogP contribution in [0.4, 0.5) is 18.9 Å². The predicted molar refractivity (Wildman–Crippen MR) is 181 cm³/mol. The topological polar surface area (TPSA) is 189 Å². The van der Waals surface area contributed by atoms with Crippen LogP contribution in [0, 0.1) is 11.3 Å². The molecule has 6 rings (SSSR count). The number of rotatable bonds is 13. The van der Waals surface area contributed by atoms with E-state index in [0.29, 0.717) is 5.69 Å². The SMILES string of the molecule is CC1(C)C(=O)N(c2ccc(C#N)c(C(F)(F)F)c2)C(=S)N1Cn1cc(COCCOCCOc2cccc3c2C(=O)N(C2CCC(=O)NC2=O)C3=O)nn1. The number of piperidine rings is 1. The van der Waals surface area contributed by atoms with Crippen LogP contribution in [0.3, 0.4) is 0 Å². The van der Waals surface area contributed by atoms with Crippen molar-refractivity contribution in [1.82, 2.24) is 30.1 Å². The van der Waals surface area contributed by atoms with Crippen molar-refractivity contribution in [2.75, 3.05) is 31.3 Å². The smallest absolute Gasteiger partial charge is 0.417 e. The minimum absolute atomic E-state index is 0.00762. The Labute approximate surface area is 310 Å². The van der Waals surface area contributed by atoms with Crippen molar-refractivity contribution in [2.45, 2.75) is 57.7 Å². The molecule has 0 spiro atoms. The fraction of sp³-hybridized carbons (Fsp3) is 0.382. The van der Waals surface area contributed by atoms with Crippen LogP contribution in [-0.2, 0) is 43.3 Å². The maximum absolute atomic E-state index is 13.6. The van der Waals surface area contributed by atoms with Gasteiger partial charge in [0, 0.05) is 6.42 Å². The zero-order chi connectivity index (χ0) is 38.9. The first-order chi connectivity index (χ1) is 25.6. The summed E-state index contributed by atoms with van der Waals surface area (Å²) in [6.07, 6.45) is -3.21. The number of ether oxygens (including phenoxy) is 3. The molecule has 54 heavy (non-hydrogen) atoms. The van der Waals surface area contributed by atoms with Gasteiger partial charge in [-0.15, -0.1) is 5.10 Å². The number of anilines is 1. The summed E-state index contributed by atoms with van der Waals surface area (Å²) in [5, 5.41) is 19.3. The van der Waals surface area contributed by atoms with E-state index in [2.05, 4.69) is 15.6 Å². The number of amides is 5. The van der Waals surface area contributed by atoms with Gasteiger partial charge in [-0.1, -0.05) is 11.3 Å². The van der Waals surface area contributed by atoms with Gasteiger partial charge in [-0.2, -0.15) is 18.4 Å². The summed E-state index contributed by atoms with van der Waals surface area (Å²) in [5.41, 5.74) is -2.56. The number of alkyl halides is 3. The number of hydrogen-bond donors (Lipinski definition) is 1. The summed E-state index contributed by atoms with van der Waals surface area (Å²) in [6, 6.07) is 7.93. The van der Waals surface area contributed by atoms with Gasteiger partial charge in [-0.25, -0.2) is 4.68 Å². The van der Waals surface area contributed by atoms with Gasteiger partial charge in [0.1, 0.15) is 36.3 Å². The molecule has 20 heteroatoms. The number of nitrogens with one attached hydrogen (secondary N) is 1. The Bertz CT molecular complexity index is 2100. The van der Waals surface area contributed by atoms with E-state index in [1.165, 1.54) is 33.9 Å². The minimum atomic E-state index is -4.82. The lowest BCUT2D eigenvalue weighted by Gasteiger charge is -2.28. The first kappa shape index (κ1) is 38.0. The predicted octanol–water partition coefficient (Wildman–Crippen LogP) is 2.55. The lowest BCUT2D eigenvalue weighted by atomic mass is 10.0. The number of hydrogen-bond acceptors (Lipinski definition) is 12. The number of carbonyl (C=O) groups excluding carboxylic acids is 5. The molecule has 4 heterocycles. The van der Waals surface area contributed by atoms with Crippen molar-refractivity contribution in [3.63, 3.8) is 0 Å². The van der Waals surface area contributed by atoms with E-state index in [1.54, 1.807) is 26.1 Å². The largest absolute Gasteiger partial charge is 0.490 e. The molecule has 1 unspecified atom stereocenters. The van der Waals surface area contributed by atoms with Gasteiger partial charge in [0.15, 0.2) is 5.11 Å². The van der Waals surface area contributed by atoms with Crippen LogP contribution in [0.1, 0.15) is 64.2 Å². The number of aromatic nitrogens is 3. The van der Waals surface area contributed by atoms with Gasteiger partial charge in [-0.3, -0.25) is 39.1 Å². The van der Waals surface area contributed by atoms with Crippen LogP contribution < -0.4 is 15.0 Å². The van der Waals surface area contributed by atoms with Gasteiger partial charge in [-0.05, 0) is 62.8 Å². The molecule has 0 saturated carbocycles. The summed E-state index contributed by atoms with van der Waals surface area (Å²) in [7, 11) is 0. The van der Waals surface area contributed by atoms with Crippen molar-refractivity contribution in [3.8, 4) is 11.8 Å². The highest BCUT2D eigenvalue weighted by Crippen LogP contribution is 2.38. The number of nitriles is 1. The standard InChI is InChI=1S/C34H31F3N8O8S/c1-33(2)31(50)44(21-7-6-19(15-38)23(14-21)34(35,36)37)32(54)43(33)18-42-16-20(40-41-42)17-52-11-10-51-12-13-53-25-5-3-4-22-27(25)30(49)45(29(22)48)24-8-9-26(46)39-28(24)47/h3-7,14,16,24H,8-13,17-18H2,1-2H3,(H,39,46,47). The third-order valence-electron chi connectivity index (χ3n) is 8.92. The molecule has 2 saturated heterocycles. The molecule has 5 amide bonds. The van der Waals surface area contributed by atoms with Crippen molar-refractivity contribution in [1.29, 1.82) is 5.26 Å². The first-order valence-corrected chi connectivity index (χ1v) is 16.8. The zero-order valence-corrected chi connectivity index (χ0v) is 29.5. The molecular weight excluding hydrogens is 737 g/mol. The summed E-state index contributed by atoms with van der Waals surface area (Å²) in [4.78, 5) is 66.8. The summed E-state index contributed by atoms with van der Waals surface area (Å²) < 4.78 is 59.1. The Kier molecular flexibility index (Phi) is 10.5. The van der Waals surface area contributed by atoms with Crippen LogP contribution in [0.25, 0.3) is 0 Å². The number of imide groups is 2. The molecule has 1 aromatic heterocycles. The molecule has 3 aromatic rings. The lowest BCUT2D eigenvalue weighted by molar-refractivity contribution is -0.138. The van der Waals surface area contributed by atoms with E-state index in [4.69, 9.17) is 31.7 Å². The quantitative estimate of drug-likeness (QED) is 0.152. The summed E-state index contributed by atoms with van der Waals surface area (Å²) >= 11 is 5.52. The fourth-order valence-electron chi connectivity index (χ4n) is 6.13. The number of halogens is 3. The molecule has 2 aromatic carbocycles. The normalized spacial score (nSPS) is 18.4. The van der Waals surface area contributed by atoms with Gasteiger partial charge in [0.25, 0.3) is 17.7 Å². The van der Waals surface area contributed by atoms with Crippen molar-refractivity contribution < 1.29 is 51.4 Å². The maximum Gasteiger partial charge on any atom is 0.417 e. The maximum atomic E-state index is 13.6. The molecule has 0 radical (unpaired) electrons. The minimum Gasteiger partial charge on any atom is -0.490 e. The number of nitrogens with zero attached hydrogens (tertiary/aromatic N) is 7. The molecule has 0 aliphatic carbocycles. The Hall–Kier alpha value is -5.78. The van der Waals surface area contributed by atoms with E-state index in [0.717, 1.165) is 21.9 Å². The van der Waals surface area contributed by atoms with E-state index in [1.807, 2.05) is 0 Å². The van der Waals surface area contributed by atoms with Crippen LogP contribution in [0.15, 0.2) is 42.6 Å². The molecule has 0 bridgehead atoms. The van der Waals surface area contributed by atoms with Gasteiger partial charge in [0.2, 0.25) is 11.8 Å². The van der Waals surface area contributed by atoms with Gasteiger partial charge >= 0.3 is 6.18 Å². The third kappa shape index (κ3) is 7.24. The second kappa shape index (κ2) is 14.9. The third-order valence-corrected chi connectivity index (χ3v) is 9.32. The molecule has 16 nitrogen and oxygen atoms in total. The van der Waals surface area contributed by atoms with Crippen LogP contribution in [-0.4, -0.2) is 97.5 Å². The zero-order valence-electron chi connectivity index (χ0n) is 28.7. The van der Waals surface area contributed by atoms with Crippen molar-refractivity contribution >= 4 is 52.6 Å². The molecule has 3 aliphatic heterocycles. The Balaban J connectivity index is 0.954. The average molecular weight is 769 g/mol. The van der Waals surface area contributed by atoms with Crippen LogP contribution in [0.2, 0.25) is 0 Å². The second-order valence-electron chi connectivity index (χ2n) is 12.8. The molecule has 1 atom stereocenters. The molecule has 1 N–H and O–H groups in total. The number of fused-ring (bicyclic) bond motifs is 1. The Morgan fingerprint density at radius 3 is 2.50 bits per heavy atom. The van der Waals surface area contributed by atoms with E-state index in [-0.39, 0.29) is 80.2 Å².